The number of hydrogen-bond acceptors (Lipinski definition) is 5. The summed E-state index contributed by atoms with van der Waals surface area (Å²) in [5.41, 5.74) is 3.12. The van der Waals surface area contributed by atoms with Crippen LogP contribution in [0.3, 0.4) is 0 Å². The number of fused-ring (bicyclic) bond motifs is 1. The third kappa shape index (κ3) is 4.09. The van der Waals surface area contributed by atoms with Crippen molar-refractivity contribution in [2.24, 2.45) is 0 Å². The van der Waals surface area contributed by atoms with E-state index in [1.54, 1.807) is 41.2 Å². The summed E-state index contributed by atoms with van der Waals surface area (Å²) in [7, 11) is 1.73. The summed E-state index contributed by atoms with van der Waals surface area (Å²) < 4.78 is 1.66. The van der Waals surface area contributed by atoms with Gasteiger partial charge in [-0.3, -0.25) is 19.3 Å². The maximum atomic E-state index is 12.8. The van der Waals surface area contributed by atoms with E-state index in [9.17, 15) is 14.4 Å². The molecule has 0 fully saturated rings. The highest BCUT2D eigenvalue weighted by Gasteiger charge is 2.31. The molecule has 3 aromatic rings. The molecule has 0 spiro atoms. The monoisotopic (exact) mass is 417 g/mol. The predicted octanol–water partition coefficient (Wildman–Crippen LogP) is 2.40. The van der Waals surface area contributed by atoms with Gasteiger partial charge in [0.2, 0.25) is 11.8 Å². The van der Waals surface area contributed by atoms with Crippen LogP contribution < -0.4 is 0 Å². The van der Waals surface area contributed by atoms with Crippen LogP contribution in [-0.4, -0.2) is 55.9 Å². The number of hydrogen-bond donors (Lipinski definition) is 0. The van der Waals surface area contributed by atoms with Gasteiger partial charge < -0.3 is 4.90 Å². The molecular weight excluding hydrogens is 394 g/mol. The van der Waals surface area contributed by atoms with Crippen LogP contribution in [0.5, 0.6) is 0 Å². The van der Waals surface area contributed by atoms with Gasteiger partial charge in [-0.25, -0.2) is 9.67 Å². The van der Waals surface area contributed by atoms with E-state index >= 15 is 0 Å². The summed E-state index contributed by atoms with van der Waals surface area (Å²) in [5.74, 6) is -0.734. The Morgan fingerprint density at radius 3 is 2.58 bits per heavy atom. The van der Waals surface area contributed by atoms with Crippen molar-refractivity contribution in [1.29, 1.82) is 0 Å². The molecule has 3 amide bonds. The van der Waals surface area contributed by atoms with Crippen molar-refractivity contribution in [2.75, 3.05) is 13.6 Å². The van der Waals surface area contributed by atoms with Gasteiger partial charge in [-0.05, 0) is 36.2 Å². The average molecular weight is 417 g/mol. The third-order valence-electron chi connectivity index (χ3n) is 5.72. The first-order valence-electron chi connectivity index (χ1n) is 10.1. The van der Waals surface area contributed by atoms with Crippen LogP contribution in [0.1, 0.15) is 40.9 Å². The molecule has 2 aromatic carbocycles. The molecule has 1 aromatic heterocycles. The molecule has 2 heterocycles. The smallest absolute Gasteiger partial charge is 0.260 e. The lowest BCUT2D eigenvalue weighted by Gasteiger charge is -2.29. The molecule has 0 bridgehead atoms. The summed E-state index contributed by atoms with van der Waals surface area (Å²) in [6.45, 7) is 2.02. The summed E-state index contributed by atoms with van der Waals surface area (Å²) in [5, 5.41) is 4.10. The molecule has 8 heteroatoms. The Bertz CT molecular complexity index is 1110. The normalized spacial score (nSPS) is 14.3. The van der Waals surface area contributed by atoms with Crippen molar-refractivity contribution in [3.8, 4) is 5.69 Å². The number of carbonyl (C=O) groups is 3. The zero-order valence-corrected chi connectivity index (χ0v) is 17.4. The highest BCUT2D eigenvalue weighted by molar-refractivity contribution is 6.09. The van der Waals surface area contributed by atoms with Crippen LogP contribution in [0, 0.1) is 0 Å². The number of aromatic nitrogens is 3. The first-order valence-corrected chi connectivity index (χ1v) is 10.1. The van der Waals surface area contributed by atoms with Gasteiger partial charge in [-0.15, -0.1) is 0 Å². The minimum absolute atomic E-state index is 0.0765. The predicted molar refractivity (Wildman–Crippen MR) is 113 cm³/mol. The van der Waals surface area contributed by atoms with Gasteiger partial charge in [-0.2, -0.15) is 5.10 Å². The lowest BCUT2D eigenvalue weighted by molar-refractivity contribution is -0.133. The second-order valence-corrected chi connectivity index (χ2v) is 7.55. The van der Waals surface area contributed by atoms with Gasteiger partial charge >= 0.3 is 0 Å². The van der Waals surface area contributed by atoms with Gasteiger partial charge in [0.1, 0.15) is 12.7 Å². The number of benzene rings is 2. The Labute approximate surface area is 180 Å². The van der Waals surface area contributed by atoms with E-state index in [-0.39, 0.29) is 43.1 Å². The van der Waals surface area contributed by atoms with Crippen LogP contribution in [0.25, 0.3) is 5.69 Å². The first kappa shape index (κ1) is 20.5. The standard InChI is InChI=1S/C23H23N5O3/c1-16(17-7-9-19(10-8-17)28-15-24-14-25-28)26(2)21(29)11-12-27-22(30)13-18-5-3-4-6-20(18)23(27)31/h3-10,14-16H,11-13H2,1-2H3/t16-/m1/s1. The van der Waals surface area contributed by atoms with Gasteiger partial charge in [0.05, 0.1) is 18.2 Å². The number of amides is 3. The number of carbonyl (C=O) groups excluding carboxylic acids is 3. The maximum absolute atomic E-state index is 12.8. The molecule has 0 radical (unpaired) electrons. The molecular formula is C23H23N5O3. The van der Waals surface area contributed by atoms with E-state index in [4.69, 9.17) is 0 Å². The molecule has 1 aliphatic rings. The number of rotatable bonds is 6. The highest BCUT2D eigenvalue weighted by Crippen LogP contribution is 2.22. The summed E-state index contributed by atoms with van der Waals surface area (Å²) >= 11 is 0. The summed E-state index contributed by atoms with van der Waals surface area (Å²) in [6, 6.07) is 14.7. The molecule has 158 valence electrons. The van der Waals surface area contributed by atoms with Gasteiger partial charge in [-0.1, -0.05) is 30.3 Å². The van der Waals surface area contributed by atoms with E-state index in [0.29, 0.717) is 5.56 Å². The van der Waals surface area contributed by atoms with Crippen molar-refractivity contribution in [1.82, 2.24) is 24.6 Å². The molecule has 8 nitrogen and oxygen atoms in total. The van der Waals surface area contributed by atoms with Crippen LogP contribution in [0.2, 0.25) is 0 Å². The molecule has 0 aliphatic carbocycles. The van der Waals surface area contributed by atoms with Crippen molar-refractivity contribution >= 4 is 17.7 Å². The fraction of sp³-hybridized carbons (Fsp3) is 0.261. The molecule has 0 unspecified atom stereocenters. The van der Waals surface area contributed by atoms with Gasteiger partial charge in [0, 0.05) is 25.6 Å². The van der Waals surface area contributed by atoms with E-state index in [1.165, 1.54) is 11.2 Å². The highest BCUT2D eigenvalue weighted by atomic mass is 16.2. The first-order chi connectivity index (χ1) is 15.0. The fourth-order valence-electron chi connectivity index (χ4n) is 3.70. The Morgan fingerprint density at radius 1 is 1.13 bits per heavy atom. The van der Waals surface area contributed by atoms with Crippen molar-refractivity contribution in [3.63, 3.8) is 0 Å². The second kappa shape index (κ2) is 8.51. The topological polar surface area (TPSA) is 88.4 Å². The molecule has 31 heavy (non-hydrogen) atoms. The Balaban J connectivity index is 1.38. The van der Waals surface area contributed by atoms with Crippen molar-refractivity contribution in [3.05, 3.63) is 77.9 Å². The van der Waals surface area contributed by atoms with Crippen molar-refractivity contribution < 1.29 is 14.4 Å². The van der Waals surface area contributed by atoms with E-state index in [2.05, 4.69) is 10.1 Å². The van der Waals surface area contributed by atoms with Crippen LogP contribution in [0.4, 0.5) is 0 Å². The summed E-state index contributed by atoms with van der Waals surface area (Å²) in [4.78, 5) is 44.6. The number of nitrogens with zero attached hydrogens (tertiary/aromatic N) is 5. The Hall–Kier alpha value is -3.81. The number of imide groups is 1. The average Bonchev–Trinajstić information content (AvgIpc) is 3.33. The minimum atomic E-state index is -0.334. The molecule has 0 saturated carbocycles. The summed E-state index contributed by atoms with van der Waals surface area (Å²) in [6.07, 6.45) is 3.35. The lowest BCUT2D eigenvalue weighted by atomic mass is 9.98. The molecule has 0 N–H and O–H groups in total. The largest absolute Gasteiger partial charge is 0.339 e. The van der Waals surface area contributed by atoms with Gasteiger partial charge in [0.15, 0.2) is 0 Å². The lowest BCUT2D eigenvalue weighted by Crippen LogP contribution is -2.44. The van der Waals surface area contributed by atoms with E-state index in [1.807, 2.05) is 37.3 Å². The molecule has 4 rings (SSSR count). The van der Waals surface area contributed by atoms with Gasteiger partial charge in [0.25, 0.3) is 5.91 Å². The van der Waals surface area contributed by atoms with Crippen molar-refractivity contribution in [2.45, 2.75) is 25.8 Å². The van der Waals surface area contributed by atoms with Crippen LogP contribution in [-0.2, 0) is 16.0 Å². The second-order valence-electron chi connectivity index (χ2n) is 7.55. The molecule has 1 atom stereocenters. The zero-order valence-electron chi connectivity index (χ0n) is 17.4. The van der Waals surface area contributed by atoms with Crippen LogP contribution in [0.15, 0.2) is 61.2 Å². The Morgan fingerprint density at radius 2 is 1.87 bits per heavy atom. The van der Waals surface area contributed by atoms with E-state index < -0.39 is 0 Å². The molecule has 0 saturated heterocycles. The maximum Gasteiger partial charge on any atom is 0.260 e. The molecule has 1 aliphatic heterocycles. The minimum Gasteiger partial charge on any atom is -0.339 e. The quantitative estimate of drug-likeness (QED) is 0.575. The van der Waals surface area contributed by atoms with E-state index in [0.717, 1.165) is 16.8 Å². The Kier molecular flexibility index (Phi) is 5.62. The SMILES string of the molecule is C[C@H](c1ccc(-n2cncn2)cc1)N(C)C(=O)CCN1C(=O)Cc2ccccc2C1=O. The fourth-order valence-corrected chi connectivity index (χ4v) is 3.70. The third-order valence-corrected chi connectivity index (χ3v) is 5.72. The zero-order chi connectivity index (χ0) is 22.0. The van der Waals surface area contributed by atoms with Crippen LogP contribution >= 0.6 is 0 Å².